The standard InChI is InChI=1S/C20H23N3O5S/c1-14-9-11-15(12-10-14)29(27,28)23-13-5-4-7-17(23)20(26)22-21-19(25)16-6-2-3-8-18(16)24/h2-3,6,8-12,17,24H,4-5,7,13H2,1H3,(H,21,25)(H,22,26)/t17-/m1/s1. The van der Waals surface area contributed by atoms with Gasteiger partial charge in [0.15, 0.2) is 0 Å². The van der Waals surface area contributed by atoms with Crippen molar-refractivity contribution < 1.29 is 23.1 Å². The van der Waals surface area contributed by atoms with Gasteiger partial charge in [0.05, 0.1) is 10.5 Å². The molecule has 1 aliphatic heterocycles. The zero-order chi connectivity index (χ0) is 21.0. The van der Waals surface area contributed by atoms with Crippen molar-refractivity contribution >= 4 is 21.8 Å². The number of hydrogen-bond acceptors (Lipinski definition) is 5. The number of aromatic hydroxyl groups is 1. The highest BCUT2D eigenvalue weighted by atomic mass is 32.2. The zero-order valence-corrected chi connectivity index (χ0v) is 16.8. The summed E-state index contributed by atoms with van der Waals surface area (Å²) in [7, 11) is -3.85. The predicted molar refractivity (Wildman–Crippen MR) is 106 cm³/mol. The van der Waals surface area contributed by atoms with Crippen LogP contribution in [0.15, 0.2) is 53.4 Å². The van der Waals surface area contributed by atoms with Crippen LogP contribution >= 0.6 is 0 Å². The minimum Gasteiger partial charge on any atom is -0.507 e. The average molecular weight is 417 g/mol. The number of hydrazine groups is 1. The number of aryl methyl sites for hydroxylation is 1. The van der Waals surface area contributed by atoms with Gasteiger partial charge in [0.25, 0.3) is 11.8 Å². The van der Waals surface area contributed by atoms with Gasteiger partial charge in [-0.2, -0.15) is 4.31 Å². The summed E-state index contributed by atoms with van der Waals surface area (Å²) in [5, 5.41) is 9.73. The van der Waals surface area contributed by atoms with Gasteiger partial charge in [0, 0.05) is 6.54 Å². The van der Waals surface area contributed by atoms with Gasteiger partial charge >= 0.3 is 0 Å². The van der Waals surface area contributed by atoms with Crippen LogP contribution < -0.4 is 10.9 Å². The highest BCUT2D eigenvalue weighted by Crippen LogP contribution is 2.25. The smallest absolute Gasteiger partial charge is 0.273 e. The first kappa shape index (κ1) is 20.8. The lowest BCUT2D eigenvalue weighted by atomic mass is 10.0. The van der Waals surface area contributed by atoms with E-state index in [1.807, 2.05) is 6.92 Å². The van der Waals surface area contributed by atoms with E-state index in [-0.39, 0.29) is 22.8 Å². The van der Waals surface area contributed by atoms with Crippen LogP contribution in [0.5, 0.6) is 5.75 Å². The molecule has 154 valence electrons. The van der Waals surface area contributed by atoms with Gasteiger partial charge in [-0.15, -0.1) is 0 Å². The van der Waals surface area contributed by atoms with E-state index < -0.39 is 27.9 Å². The quantitative estimate of drug-likeness (QED) is 0.655. The molecule has 0 bridgehead atoms. The third-order valence-electron chi connectivity index (χ3n) is 4.83. The fourth-order valence-electron chi connectivity index (χ4n) is 3.24. The van der Waals surface area contributed by atoms with Crippen LogP contribution in [0.3, 0.4) is 0 Å². The molecule has 1 heterocycles. The Labute approximate surface area is 169 Å². The van der Waals surface area contributed by atoms with Crippen LogP contribution in [-0.4, -0.2) is 42.2 Å². The topological polar surface area (TPSA) is 116 Å². The second-order valence-electron chi connectivity index (χ2n) is 6.90. The van der Waals surface area contributed by atoms with Gasteiger partial charge in [0.1, 0.15) is 11.8 Å². The summed E-state index contributed by atoms with van der Waals surface area (Å²) in [5.41, 5.74) is 5.46. The molecule has 0 aliphatic carbocycles. The first-order valence-corrected chi connectivity index (χ1v) is 10.7. The summed E-state index contributed by atoms with van der Waals surface area (Å²) in [6, 6.07) is 11.4. The number of para-hydroxylation sites is 1. The number of hydrogen-bond donors (Lipinski definition) is 3. The number of piperidine rings is 1. The summed E-state index contributed by atoms with van der Waals surface area (Å²) < 4.78 is 27.3. The number of carbonyl (C=O) groups excluding carboxylic acids is 2. The van der Waals surface area contributed by atoms with E-state index in [9.17, 15) is 23.1 Å². The molecule has 1 atom stereocenters. The van der Waals surface area contributed by atoms with Gasteiger partial charge in [-0.1, -0.05) is 36.2 Å². The van der Waals surface area contributed by atoms with E-state index >= 15 is 0 Å². The van der Waals surface area contributed by atoms with E-state index in [4.69, 9.17) is 0 Å². The van der Waals surface area contributed by atoms with Crippen molar-refractivity contribution in [1.82, 2.24) is 15.2 Å². The summed E-state index contributed by atoms with van der Waals surface area (Å²) >= 11 is 0. The summed E-state index contributed by atoms with van der Waals surface area (Å²) in [6.45, 7) is 2.09. The number of phenolic OH excluding ortho intramolecular Hbond substituents is 1. The van der Waals surface area contributed by atoms with Gasteiger partial charge in [-0.05, 0) is 44.0 Å². The van der Waals surface area contributed by atoms with Crippen molar-refractivity contribution in [3.63, 3.8) is 0 Å². The Hall–Kier alpha value is -2.91. The van der Waals surface area contributed by atoms with Crippen LogP contribution in [0.1, 0.15) is 35.2 Å². The fraction of sp³-hybridized carbons (Fsp3) is 0.300. The molecular weight excluding hydrogens is 394 g/mol. The van der Waals surface area contributed by atoms with Gasteiger partial charge in [-0.3, -0.25) is 20.4 Å². The Morgan fingerprint density at radius 1 is 1.03 bits per heavy atom. The summed E-state index contributed by atoms with van der Waals surface area (Å²) in [4.78, 5) is 25.0. The molecule has 9 heteroatoms. The average Bonchev–Trinajstić information content (AvgIpc) is 2.72. The Kier molecular flexibility index (Phi) is 6.19. The molecule has 3 N–H and O–H groups in total. The minimum absolute atomic E-state index is 0.000534. The van der Waals surface area contributed by atoms with Crippen LogP contribution in [-0.2, 0) is 14.8 Å². The van der Waals surface area contributed by atoms with Crippen molar-refractivity contribution in [3.05, 3.63) is 59.7 Å². The van der Waals surface area contributed by atoms with Crippen molar-refractivity contribution in [1.29, 1.82) is 0 Å². The molecule has 1 aliphatic rings. The number of rotatable bonds is 4. The Bertz CT molecular complexity index is 1010. The number of nitrogens with zero attached hydrogens (tertiary/aromatic N) is 1. The minimum atomic E-state index is -3.85. The van der Waals surface area contributed by atoms with Crippen LogP contribution in [0, 0.1) is 6.92 Å². The van der Waals surface area contributed by atoms with E-state index in [0.29, 0.717) is 19.3 Å². The van der Waals surface area contributed by atoms with Crippen LogP contribution in [0.25, 0.3) is 0 Å². The van der Waals surface area contributed by atoms with Gasteiger partial charge in [0.2, 0.25) is 10.0 Å². The highest BCUT2D eigenvalue weighted by Gasteiger charge is 2.37. The van der Waals surface area contributed by atoms with Crippen molar-refractivity contribution in [2.24, 2.45) is 0 Å². The summed E-state index contributed by atoms with van der Waals surface area (Å²) in [5.74, 6) is -1.54. The lowest BCUT2D eigenvalue weighted by Crippen LogP contribution is -2.55. The van der Waals surface area contributed by atoms with Crippen molar-refractivity contribution in [3.8, 4) is 5.75 Å². The third kappa shape index (κ3) is 4.57. The fourth-order valence-corrected chi connectivity index (χ4v) is 4.89. The summed E-state index contributed by atoms with van der Waals surface area (Å²) in [6.07, 6.45) is 1.70. The van der Waals surface area contributed by atoms with Crippen molar-refractivity contribution in [2.45, 2.75) is 37.1 Å². The monoisotopic (exact) mass is 417 g/mol. The van der Waals surface area contributed by atoms with Crippen LogP contribution in [0.2, 0.25) is 0 Å². The Balaban J connectivity index is 1.73. The molecule has 2 aromatic rings. The lowest BCUT2D eigenvalue weighted by molar-refractivity contribution is -0.126. The lowest BCUT2D eigenvalue weighted by Gasteiger charge is -2.33. The molecule has 3 rings (SSSR count). The molecule has 29 heavy (non-hydrogen) atoms. The zero-order valence-electron chi connectivity index (χ0n) is 16.0. The number of benzene rings is 2. The SMILES string of the molecule is Cc1ccc(S(=O)(=O)N2CCCC[C@@H]2C(=O)NNC(=O)c2ccccc2O)cc1. The molecule has 8 nitrogen and oxygen atoms in total. The van der Waals surface area contributed by atoms with E-state index in [0.717, 1.165) is 5.56 Å². The van der Waals surface area contributed by atoms with E-state index in [1.165, 1.54) is 28.6 Å². The maximum atomic E-state index is 13.0. The normalized spacial score (nSPS) is 17.5. The highest BCUT2D eigenvalue weighted by molar-refractivity contribution is 7.89. The van der Waals surface area contributed by atoms with E-state index in [1.54, 1.807) is 24.3 Å². The Morgan fingerprint density at radius 2 is 1.72 bits per heavy atom. The molecule has 0 aromatic heterocycles. The second-order valence-corrected chi connectivity index (χ2v) is 8.79. The van der Waals surface area contributed by atoms with Crippen molar-refractivity contribution in [2.75, 3.05) is 6.54 Å². The molecule has 1 fully saturated rings. The first-order valence-electron chi connectivity index (χ1n) is 9.27. The van der Waals surface area contributed by atoms with E-state index in [2.05, 4.69) is 10.9 Å². The number of nitrogens with one attached hydrogen (secondary N) is 2. The van der Waals surface area contributed by atoms with Gasteiger partial charge in [-0.25, -0.2) is 8.42 Å². The molecule has 0 spiro atoms. The molecule has 2 aromatic carbocycles. The second kappa shape index (κ2) is 8.62. The molecule has 1 saturated heterocycles. The predicted octanol–water partition coefficient (Wildman–Crippen LogP) is 1.71. The first-order chi connectivity index (χ1) is 13.8. The molecular formula is C20H23N3O5S. The molecule has 0 saturated carbocycles. The molecule has 0 radical (unpaired) electrons. The maximum Gasteiger partial charge on any atom is 0.273 e. The maximum absolute atomic E-state index is 13.0. The number of sulfonamides is 1. The molecule has 0 unspecified atom stereocenters. The number of carbonyl (C=O) groups is 2. The largest absolute Gasteiger partial charge is 0.507 e. The number of phenols is 1. The molecule has 2 amide bonds. The third-order valence-corrected chi connectivity index (χ3v) is 6.75. The van der Waals surface area contributed by atoms with Gasteiger partial charge < -0.3 is 5.11 Å². The van der Waals surface area contributed by atoms with Crippen LogP contribution in [0.4, 0.5) is 0 Å². The number of amides is 2. The Morgan fingerprint density at radius 3 is 2.41 bits per heavy atom.